The number of amidine groups is 1. The minimum atomic E-state index is -0.722. The lowest BCUT2D eigenvalue weighted by molar-refractivity contribution is -0.197. The lowest BCUT2D eigenvalue weighted by Crippen LogP contribution is -2.39. The van der Waals surface area contributed by atoms with E-state index in [1.807, 2.05) is 43.7 Å². The minimum absolute atomic E-state index is 0.168. The standard InChI is InChI=1S/C26H36N8O4/c1-5-16-8-6-9-17(12-16)32-25(28)35-11-7-10-33(4)13-18-20-21(38-26(2,3)37-20)24(36-18)34-15-31-19-22(27)29-14-30-23(19)34/h6,8-9,12,14-15,18,20-21,24H,5,7,10-11,13H2,1-4H3,(H2,28,32)(H2,27,29,30)/t18-,20-,21-,24-/m1/s1. The molecule has 2 saturated heterocycles. The summed E-state index contributed by atoms with van der Waals surface area (Å²) >= 11 is 0. The fourth-order valence-electron chi connectivity index (χ4n) is 5.00. The number of rotatable bonds is 9. The van der Waals surface area contributed by atoms with Gasteiger partial charge in [-0.25, -0.2) is 15.0 Å². The maximum Gasteiger partial charge on any atom is 0.287 e. The van der Waals surface area contributed by atoms with Crippen molar-refractivity contribution in [3.8, 4) is 0 Å². The molecule has 204 valence electrons. The molecule has 2 fully saturated rings. The predicted molar refractivity (Wildman–Crippen MR) is 143 cm³/mol. The topological polar surface area (TPSA) is 148 Å². The number of aliphatic imine (C=N–C) groups is 1. The Kier molecular flexibility index (Phi) is 7.48. The molecule has 0 bridgehead atoms. The number of anilines is 1. The summed E-state index contributed by atoms with van der Waals surface area (Å²) in [5, 5.41) is 0. The monoisotopic (exact) mass is 524 g/mol. The number of likely N-dealkylation sites (N-methyl/N-ethyl adjacent to an activating group) is 1. The Bertz CT molecular complexity index is 1300. The van der Waals surface area contributed by atoms with Gasteiger partial charge in [-0.05, 0) is 51.4 Å². The fourth-order valence-corrected chi connectivity index (χ4v) is 5.00. The molecule has 0 amide bonds. The Hall–Kier alpha value is -3.32. The van der Waals surface area contributed by atoms with Crippen LogP contribution >= 0.6 is 0 Å². The van der Waals surface area contributed by atoms with Crippen molar-refractivity contribution < 1.29 is 18.9 Å². The number of hydrogen-bond acceptors (Lipinski definition) is 10. The molecule has 0 spiro atoms. The highest BCUT2D eigenvalue weighted by molar-refractivity contribution is 5.81. The summed E-state index contributed by atoms with van der Waals surface area (Å²) in [6.45, 7) is 7.82. The first kappa shape index (κ1) is 26.3. The quantitative estimate of drug-likeness (QED) is 0.243. The van der Waals surface area contributed by atoms with Gasteiger partial charge in [0.15, 0.2) is 23.5 Å². The molecule has 38 heavy (non-hydrogen) atoms. The molecule has 0 saturated carbocycles. The maximum atomic E-state index is 6.47. The zero-order chi connectivity index (χ0) is 26.9. The van der Waals surface area contributed by atoms with Crippen molar-refractivity contribution in [2.24, 2.45) is 10.7 Å². The molecular formula is C26H36N8O4. The number of ether oxygens (including phenoxy) is 4. The van der Waals surface area contributed by atoms with E-state index in [-0.39, 0.29) is 24.3 Å². The summed E-state index contributed by atoms with van der Waals surface area (Å²) in [5.74, 6) is -0.397. The zero-order valence-electron chi connectivity index (χ0n) is 22.3. The molecule has 2 aliphatic rings. The molecule has 2 aromatic heterocycles. The van der Waals surface area contributed by atoms with Crippen LogP contribution in [0.2, 0.25) is 0 Å². The van der Waals surface area contributed by atoms with Gasteiger partial charge < -0.3 is 35.3 Å². The molecular weight excluding hydrogens is 488 g/mol. The average molecular weight is 525 g/mol. The van der Waals surface area contributed by atoms with Crippen molar-refractivity contribution in [3.63, 3.8) is 0 Å². The smallest absolute Gasteiger partial charge is 0.287 e. The van der Waals surface area contributed by atoms with Crippen LogP contribution in [0.5, 0.6) is 0 Å². The van der Waals surface area contributed by atoms with Crippen LogP contribution in [0.25, 0.3) is 11.2 Å². The number of nitrogens with zero attached hydrogens (tertiary/aromatic N) is 6. The van der Waals surface area contributed by atoms with E-state index in [0.717, 1.165) is 25.1 Å². The summed E-state index contributed by atoms with van der Waals surface area (Å²) < 4.78 is 26.5. The van der Waals surface area contributed by atoms with Crippen LogP contribution in [0.15, 0.2) is 41.9 Å². The minimum Gasteiger partial charge on any atom is -0.465 e. The number of hydrogen-bond donors (Lipinski definition) is 2. The van der Waals surface area contributed by atoms with Gasteiger partial charge in [0.05, 0.1) is 18.6 Å². The number of imidazole rings is 1. The largest absolute Gasteiger partial charge is 0.465 e. The molecule has 4 heterocycles. The number of benzene rings is 1. The second kappa shape index (κ2) is 10.8. The Morgan fingerprint density at radius 3 is 2.84 bits per heavy atom. The zero-order valence-corrected chi connectivity index (χ0v) is 22.3. The highest BCUT2D eigenvalue weighted by atomic mass is 16.8. The van der Waals surface area contributed by atoms with E-state index >= 15 is 0 Å². The van der Waals surface area contributed by atoms with E-state index in [4.69, 9.17) is 30.4 Å². The first-order valence-electron chi connectivity index (χ1n) is 12.9. The van der Waals surface area contributed by atoms with E-state index in [1.54, 1.807) is 6.33 Å². The second-order valence-corrected chi connectivity index (χ2v) is 10.2. The number of aromatic nitrogens is 4. The third kappa shape index (κ3) is 5.58. The van der Waals surface area contributed by atoms with Crippen LogP contribution in [-0.2, 0) is 25.4 Å². The number of nitrogens with two attached hydrogens (primary N) is 2. The first-order valence-corrected chi connectivity index (χ1v) is 12.9. The fraction of sp³-hybridized carbons (Fsp3) is 0.538. The Morgan fingerprint density at radius 2 is 2.03 bits per heavy atom. The molecule has 12 nitrogen and oxygen atoms in total. The van der Waals surface area contributed by atoms with Gasteiger partial charge in [0.25, 0.3) is 6.02 Å². The normalized spacial score (nSPS) is 24.8. The van der Waals surface area contributed by atoms with Crippen molar-refractivity contribution in [1.29, 1.82) is 0 Å². The third-order valence-corrected chi connectivity index (χ3v) is 6.77. The highest BCUT2D eigenvalue weighted by Crippen LogP contribution is 2.44. The predicted octanol–water partition coefficient (Wildman–Crippen LogP) is 2.37. The molecule has 12 heteroatoms. The molecule has 0 aliphatic carbocycles. The second-order valence-electron chi connectivity index (χ2n) is 10.2. The molecule has 3 aromatic rings. The lowest BCUT2D eigenvalue weighted by atomic mass is 10.1. The Labute approximate surface area is 221 Å². The number of fused-ring (bicyclic) bond motifs is 2. The van der Waals surface area contributed by atoms with Gasteiger partial charge >= 0.3 is 0 Å². The summed E-state index contributed by atoms with van der Waals surface area (Å²) in [5.41, 5.74) is 15.1. The van der Waals surface area contributed by atoms with Crippen LogP contribution in [0, 0.1) is 0 Å². The molecule has 4 N–H and O–H groups in total. The Morgan fingerprint density at radius 1 is 1.21 bits per heavy atom. The highest BCUT2D eigenvalue weighted by Gasteiger charge is 2.56. The average Bonchev–Trinajstić information content (AvgIpc) is 3.54. The summed E-state index contributed by atoms with van der Waals surface area (Å²) in [4.78, 5) is 19.3. The van der Waals surface area contributed by atoms with Gasteiger partial charge in [0.1, 0.15) is 30.2 Å². The summed E-state index contributed by atoms with van der Waals surface area (Å²) in [7, 11) is 2.04. The van der Waals surface area contributed by atoms with Gasteiger partial charge in [0, 0.05) is 13.1 Å². The van der Waals surface area contributed by atoms with E-state index < -0.39 is 12.0 Å². The Balaban J connectivity index is 1.17. The van der Waals surface area contributed by atoms with Gasteiger partial charge in [-0.3, -0.25) is 4.57 Å². The van der Waals surface area contributed by atoms with E-state index in [0.29, 0.717) is 30.1 Å². The van der Waals surface area contributed by atoms with Crippen molar-refractivity contribution in [2.45, 2.75) is 63.9 Å². The van der Waals surface area contributed by atoms with E-state index in [2.05, 4.69) is 37.8 Å². The summed E-state index contributed by atoms with van der Waals surface area (Å²) in [6.07, 6.45) is 3.58. The molecule has 4 atom stereocenters. The molecule has 2 aliphatic heterocycles. The van der Waals surface area contributed by atoms with Crippen LogP contribution in [0.1, 0.15) is 39.0 Å². The van der Waals surface area contributed by atoms with Gasteiger partial charge in [0.2, 0.25) is 0 Å². The van der Waals surface area contributed by atoms with E-state index in [9.17, 15) is 0 Å². The van der Waals surface area contributed by atoms with Crippen LogP contribution < -0.4 is 11.5 Å². The number of aryl methyl sites for hydroxylation is 1. The van der Waals surface area contributed by atoms with Crippen LogP contribution in [0.4, 0.5) is 11.5 Å². The molecule has 0 radical (unpaired) electrons. The van der Waals surface area contributed by atoms with Crippen molar-refractivity contribution >= 4 is 28.7 Å². The van der Waals surface area contributed by atoms with Crippen molar-refractivity contribution in [1.82, 2.24) is 24.4 Å². The molecule has 0 unspecified atom stereocenters. The number of nitrogen functional groups attached to an aromatic ring is 1. The maximum absolute atomic E-state index is 6.47. The summed E-state index contributed by atoms with van der Waals surface area (Å²) in [6, 6.07) is 8.13. The molecule has 5 rings (SSSR count). The molecule has 1 aromatic carbocycles. The van der Waals surface area contributed by atoms with Gasteiger partial charge in [-0.1, -0.05) is 19.1 Å². The van der Waals surface area contributed by atoms with Crippen molar-refractivity contribution in [2.75, 3.05) is 32.5 Å². The van der Waals surface area contributed by atoms with E-state index in [1.165, 1.54) is 11.9 Å². The lowest BCUT2D eigenvalue weighted by Gasteiger charge is -2.27. The first-order chi connectivity index (χ1) is 18.2. The SMILES string of the molecule is CCc1cccc(N=C(N)OCCCN(C)C[C@H]2O[C@@H](n3cnc4c(N)ncnc43)[C@@H]3OC(C)(C)O[C@@H]32)c1. The van der Waals surface area contributed by atoms with Gasteiger partial charge in [-0.15, -0.1) is 0 Å². The van der Waals surface area contributed by atoms with Crippen LogP contribution in [-0.4, -0.2) is 81.3 Å². The van der Waals surface area contributed by atoms with Crippen molar-refractivity contribution in [3.05, 3.63) is 42.5 Å². The van der Waals surface area contributed by atoms with Gasteiger partial charge in [-0.2, -0.15) is 4.99 Å². The third-order valence-electron chi connectivity index (χ3n) is 6.77. The van der Waals surface area contributed by atoms with Crippen LogP contribution in [0.3, 0.4) is 0 Å².